The lowest BCUT2D eigenvalue weighted by Crippen LogP contribution is -2.56. The maximum atomic E-state index is 13.1. The summed E-state index contributed by atoms with van der Waals surface area (Å²) in [6.07, 6.45) is 2.37. The van der Waals surface area contributed by atoms with E-state index < -0.39 is 5.54 Å². The summed E-state index contributed by atoms with van der Waals surface area (Å²) < 4.78 is 0. The first-order valence-corrected chi connectivity index (χ1v) is 10.4. The Kier molecular flexibility index (Phi) is 6.10. The Balaban J connectivity index is 1.65. The molecule has 2 fully saturated rings. The molecule has 0 aromatic heterocycles. The van der Waals surface area contributed by atoms with Gasteiger partial charge in [0.2, 0.25) is 5.91 Å². The number of imide groups is 1. The number of urea groups is 1. The van der Waals surface area contributed by atoms with Crippen molar-refractivity contribution < 1.29 is 14.4 Å². The number of rotatable bonds is 6. The minimum absolute atomic E-state index is 0.0292. The van der Waals surface area contributed by atoms with E-state index in [1.807, 2.05) is 49.9 Å². The van der Waals surface area contributed by atoms with Crippen LogP contribution < -0.4 is 5.32 Å². The zero-order valence-electron chi connectivity index (χ0n) is 17.7. The van der Waals surface area contributed by atoms with E-state index in [4.69, 9.17) is 0 Å². The van der Waals surface area contributed by atoms with Crippen LogP contribution in [0.2, 0.25) is 0 Å². The van der Waals surface area contributed by atoms with Crippen LogP contribution in [0.4, 0.5) is 4.79 Å². The summed E-state index contributed by atoms with van der Waals surface area (Å²) in [5.41, 5.74) is 2.09. The van der Waals surface area contributed by atoms with Gasteiger partial charge in [0.25, 0.3) is 5.91 Å². The number of nitrogens with one attached hydrogen (secondary N) is 1. The quantitative estimate of drug-likeness (QED) is 0.592. The number of amides is 4. The summed E-state index contributed by atoms with van der Waals surface area (Å²) in [5, 5.41) is 2.98. The first kappa shape index (κ1) is 21.1. The van der Waals surface area contributed by atoms with E-state index in [0.29, 0.717) is 38.8 Å². The summed E-state index contributed by atoms with van der Waals surface area (Å²) in [7, 11) is 0. The van der Waals surface area contributed by atoms with Crippen molar-refractivity contribution in [3.05, 3.63) is 47.5 Å². The topological polar surface area (TPSA) is 69.7 Å². The second-order valence-electron chi connectivity index (χ2n) is 8.36. The van der Waals surface area contributed by atoms with E-state index >= 15 is 0 Å². The Morgan fingerprint density at radius 1 is 1.24 bits per heavy atom. The van der Waals surface area contributed by atoms with E-state index in [1.54, 1.807) is 0 Å². The van der Waals surface area contributed by atoms with Gasteiger partial charge in [0.1, 0.15) is 5.54 Å². The number of carbonyl (C=O) groups is 3. The number of carbonyl (C=O) groups excluding carboxylic acids is 3. The van der Waals surface area contributed by atoms with E-state index in [9.17, 15) is 14.4 Å². The van der Waals surface area contributed by atoms with E-state index in [1.165, 1.54) is 4.90 Å². The van der Waals surface area contributed by atoms with Crippen LogP contribution in [-0.2, 0) is 16.0 Å². The zero-order valence-corrected chi connectivity index (χ0v) is 17.7. The fourth-order valence-electron chi connectivity index (χ4n) is 4.57. The van der Waals surface area contributed by atoms with Gasteiger partial charge in [0, 0.05) is 13.1 Å². The maximum absolute atomic E-state index is 13.1. The highest BCUT2D eigenvalue weighted by Crippen LogP contribution is 2.36. The predicted octanol–water partition coefficient (Wildman–Crippen LogP) is 3.05. The second kappa shape index (κ2) is 8.39. The van der Waals surface area contributed by atoms with Gasteiger partial charge in [0.15, 0.2) is 0 Å². The zero-order chi connectivity index (χ0) is 21.2. The third-order valence-electron chi connectivity index (χ3n) is 6.34. The van der Waals surface area contributed by atoms with Crippen molar-refractivity contribution in [2.24, 2.45) is 5.92 Å². The van der Waals surface area contributed by atoms with Gasteiger partial charge in [-0.1, -0.05) is 43.3 Å². The molecular formula is C23H31N3O3. The molecule has 0 radical (unpaired) electrons. The number of hydrogen-bond acceptors (Lipinski definition) is 3. The van der Waals surface area contributed by atoms with Crippen LogP contribution in [-0.4, -0.2) is 52.8 Å². The summed E-state index contributed by atoms with van der Waals surface area (Å²) >= 11 is 0. The SMILES string of the molecule is C=C(C)CN1C(=O)NC(CC)(C2CCN(C(=O)Cc3ccccc3C)CC2)C1=O. The molecule has 2 saturated heterocycles. The summed E-state index contributed by atoms with van der Waals surface area (Å²) in [6.45, 7) is 11.1. The molecular weight excluding hydrogens is 366 g/mol. The van der Waals surface area contributed by atoms with Gasteiger partial charge in [-0.05, 0) is 50.2 Å². The minimum atomic E-state index is -0.863. The van der Waals surface area contributed by atoms with Crippen molar-refractivity contribution in [1.82, 2.24) is 15.1 Å². The number of likely N-dealkylation sites (tertiary alicyclic amines) is 1. The lowest BCUT2D eigenvalue weighted by Gasteiger charge is -2.40. The van der Waals surface area contributed by atoms with Crippen molar-refractivity contribution in [3.8, 4) is 0 Å². The summed E-state index contributed by atoms with van der Waals surface area (Å²) in [6, 6.07) is 7.61. The molecule has 4 amide bonds. The molecule has 6 heteroatoms. The molecule has 1 aromatic carbocycles. The van der Waals surface area contributed by atoms with Crippen LogP contribution in [0.5, 0.6) is 0 Å². The Bertz CT molecular complexity index is 826. The third-order valence-corrected chi connectivity index (χ3v) is 6.34. The lowest BCUT2D eigenvalue weighted by atomic mass is 9.75. The molecule has 156 valence electrons. The molecule has 2 aliphatic heterocycles. The molecule has 2 heterocycles. The standard InChI is InChI=1S/C23H31N3O3/c1-5-23(21(28)26(15-16(2)3)22(29)24-23)19-10-12-25(13-11-19)20(27)14-18-9-7-6-8-17(18)4/h6-9,19H,2,5,10-15H2,1,3-4H3,(H,24,29). The van der Waals surface area contributed by atoms with Gasteiger partial charge in [-0.2, -0.15) is 0 Å². The molecule has 3 rings (SSSR count). The van der Waals surface area contributed by atoms with Crippen LogP contribution in [0, 0.1) is 12.8 Å². The van der Waals surface area contributed by atoms with Gasteiger partial charge in [-0.3, -0.25) is 14.5 Å². The van der Waals surface area contributed by atoms with Crippen LogP contribution >= 0.6 is 0 Å². The highest BCUT2D eigenvalue weighted by molar-refractivity contribution is 6.07. The van der Waals surface area contributed by atoms with Crippen molar-refractivity contribution in [3.63, 3.8) is 0 Å². The third kappa shape index (κ3) is 4.07. The molecule has 2 aliphatic rings. The van der Waals surface area contributed by atoms with Crippen molar-refractivity contribution in [2.45, 2.75) is 52.0 Å². The summed E-state index contributed by atoms with van der Waals surface area (Å²) in [4.78, 5) is 41.5. The normalized spacial score (nSPS) is 22.7. The molecule has 6 nitrogen and oxygen atoms in total. The Morgan fingerprint density at radius 3 is 2.48 bits per heavy atom. The van der Waals surface area contributed by atoms with E-state index in [2.05, 4.69) is 11.9 Å². The minimum Gasteiger partial charge on any atom is -0.342 e. The molecule has 0 spiro atoms. The Labute approximate surface area is 172 Å². The fraction of sp³-hybridized carbons (Fsp3) is 0.522. The molecule has 1 aromatic rings. The smallest absolute Gasteiger partial charge is 0.325 e. The van der Waals surface area contributed by atoms with Crippen LogP contribution in [0.1, 0.15) is 44.2 Å². The van der Waals surface area contributed by atoms with Gasteiger partial charge in [-0.25, -0.2) is 4.79 Å². The van der Waals surface area contributed by atoms with Gasteiger partial charge >= 0.3 is 6.03 Å². The van der Waals surface area contributed by atoms with Crippen molar-refractivity contribution in [2.75, 3.05) is 19.6 Å². The average molecular weight is 398 g/mol. The summed E-state index contributed by atoms with van der Waals surface area (Å²) in [5.74, 6) is -0.00624. The maximum Gasteiger partial charge on any atom is 0.325 e. The molecule has 0 saturated carbocycles. The van der Waals surface area contributed by atoms with Crippen LogP contribution in [0.15, 0.2) is 36.4 Å². The van der Waals surface area contributed by atoms with Crippen molar-refractivity contribution >= 4 is 17.8 Å². The number of nitrogens with zero attached hydrogens (tertiary/aromatic N) is 2. The number of hydrogen-bond donors (Lipinski definition) is 1. The van der Waals surface area contributed by atoms with E-state index in [-0.39, 0.29) is 30.3 Å². The fourth-order valence-corrected chi connectivity index (χ4v) is 4.57. The van der Waals surface area contributed by atoms with Gasteiger partial charge in [0.05, 0.1) is 13.0 Å². The van der Waals surface area contributed by atoms with Crippen LogP contribution in [0.3, 0.4) is 0 Å². The van der Waals surface area contributed by atoms with Gasteiger partial charge < -0.3 is 10.2 Å². The molecule has 1 unspecified atom stereocenters. The van der Waals surface area contributed by atoms with Crippen molar-refractivity contribution in [1.29, 1.82) is 0 Å². The molecule has 0 aliphatic carbocycles. The molecule has 29 heavy (non-hydrogen) atoms. The Morgan fingerprint density at radius 2 is 1.90 bits per heavy atom. The lowest BCUT2D eigenvalue weighted by molar-refractivity contribution is -0.135. The highest BCUT2D eigenvalue weighted by atomic mass is 16.2. The number of benzene rings is 1. The molecule has 1 N–H and O–H groups in total. The van der Waals surface area contributed by atoms with Crippen LogP contribution in [0.25, 0.3) is 0 Å². The molecule has 0 bridgehead atoms. The Hall–Kier alpha value is -2.63. The van der Waals surface area contributed by atoms with E-state index in [0.717, 1.165) is 16.7 Å². The first-order valence-electron chi connectivity index (χ1n) is 10.4. The van der Waals surface area contributed by atoms with Gasteiger partial charge in [-0.15, -0.1) is 0 Å². The largest absolute Gasteiger partial charge is 0.342 e. The number of aryl methyl sites for hydroxylation is 1. The average Bonchev–Trinajstić information content (AvgIpc) is 2.94. The predicted molar refractivity (Wildman–Crippen MR) is 112 cm³/mol. The second-order valence-corrected chi connectivity index (χ2v) is 8.36. The monoisotopic (exact) mass is 397 g/mol. The molecule has 1 atom stereocenters. The number of piperidine rings is 1. The first-order chi connectivity index (χ1) is 13.8. The highest BCUT2D eigenvalue weighted by Gasteiger charge is 2.54.